The highest BCUT2D eigenvalue weighted by atomic mass is 19.4. The first kappa shape index (κ1) is 16.3. The molecule has 0 radical (unpaired) electrons. The molecule has 0 aliphatic rings. The van der Waals surface area contributed by atoms with Crippen LogP contribution in [0.5, 0.6) is 0 Å². The molecule has 0 saturated heterocycles. The minimum absolute atomic E-state index is 0.0936. The summed E-state index contributed by atoms with van der Waals surface area (Å²) >= 11 is 0. The van der Waals surface area contributed by atoms with Crippen molar-refractivity contribution in [2.45, 2.75) is 18.5 Å². The molecule has 4 nitrogen and oxygen atoms in total. The predicted octanol–water partition coefficient (Wildman–Crippen LogP) is 1.75. The Morgan fingerprint density at radius 2 is 1.33 bits per heavy atom. The molecule has 0 unspecified atom stereocenters. The van der Waals surface area contributed by atoms with Gasteiger partial charge in [-0.3, -0.25) is 0 Å². The number of methoxy groups -OCH3 is 1. The van der Waals surface area contributed by atoms with Gasteiger partial charge in [0.25, 0.3) is 6.10 Å². The van der Waals surface area contributed by atoms with Crippen LogP contribution in [0, 0.1) is 0 Å². The zero-order valence-electron chi connectivity index (χ0n) is 8.63. The van der Waals surface area contributed by atoms with Gasteiger partial charge in [0.05, 0.1) is 7.11 Å². The van der Waals surface area contributed by atoms with Gasteiger partial charge in [-0.1, -0.05) is 0 Å². The van der Waals surface area contributed by atoms with Gasteiger partial charge in [-0.05, 0) is 0 Å². The third kappa shape index (κ3) is 5.55. The number of hydrogen-bond donors (Lipinski definition) is 0. The van der Waals surface area contributed by atoms with E-state index in [1.807, 2.05) is 0 Å². The van der Waals surface area contributed by atoms with Crippen LogP contribution in [0.15, 0.2) is 12.2 Å². The smallest absolute Gasteiger partial charge is 0.434 e. The SMILES string of the molecule is COC(=O)/C=C/C(=O)OC(C(F)(F)F)C(F)(F)F. The van der Waals surface area contributed by atoms with E-state index in [4.69, 9.17) is 0 Å². The van der Waals surface area contributed by atoms with E-state index in [9.17, 15) is 35.9 Å². The fraction of sp³-hybridized carbons (Fsp3) is 0.500. The fourth-order valence-corrected chi connectivity index (χ4v) is 0.679. The Bertz CT molecular complexity index is 328. The number of rotatable bonds is 3. The summed E-state index contributed by atoms with van der Waals surface area (Å²) in [5, 5.41) is 0. The van der Waals surface area contributed by atoms with Crippen LogP contribution in [0.2, 0.25) is 0 Å². The molecule has 0 fully saturated rings. The summed E-state index contributed by atoms with van der Waals surface area (Å²) in [4.78, 5) is 21.1. The van der Waals surface area contributed by atoms with E-state index in [0.29, 0.717) is 6.08 Å². The van der Waals surface area contributed by atoms with E-state index in [-0.39, 0.29) is 6.08 Å². The highest BCUT2D eigenvalue weighted by molar-refractivity contribution is 5.91. The molecule has 0 spiro atoms. The minimum atomic E-state index is -5.80. The summed E-state index contributed by atoms with van der Waals surface area (Å²) in [6, 6.07) is 0. The first-order chi connectivity index (χ1) is 7.98. The van der Waals surface area contributed by atoms with Gasteiger partial charge in [0.2, 0.25) is 0 Å². The lowest BCUT2D eigenvalue weighted by molar-refractivity contribution is -0.312. The van der Waals surface area contributed by atoms with Crippen LogP contribution in [0.4, 0.5) is 26.3 Å². The van der Waals surface area contributed by atoms with Crippen molar-refractivity contribution in [3.63, 3.8) is 0 Å². The Hall–Kier alpha value is -1.74. The van der Waals surface area contributed by atoms with Gasteiger partial charge in [0.15, 0.2) is 0 Å². The average Bonchev–Trinajstić information content (AvgIpc) is 2.19. The van der Waals surface area contributed by atoms with Gasteiger partial charge in [-0.25, -0.2) is 9.59 Å². The normalized spacial score (nSPS) is 12.9. The van der Waals surface area contributed by atoms with E-state index in [1.165, 1.54) is 0 Å². The van der Waals surface area contributed by atoms with E-state index in [1.54, 1.807) is 0 Å². The zero-order chi connectivity index (χ0) is 14.6. The molecule has 10 heteroatoms. The van der Waals surface area contributed by atoms with Gasteiger partial charge >= 0.3 is 24.3 Å². The number of carbonyl (C=O) groups excluding carboxylic acids is 2. The maximum Gasteiger partial charge on any atom is 0.434 e. The molecule has 0 aromatic heterocycles. The lowest BCUT2D eigenvalue weighted by Gasteiger charge is -2.22. The Balaban J connectivity index is 4.77. The van der Waals surface area contributed by atoms with Crippen molar-refractivity contribution in [3.05, 3.63) is 12.2 Å². The standard InChI is InChI=1S/C8H6F6O4/c1-17-4(15)2-3-5(16)18-6(7(9,10)11)8(12,13)14/h2-3,6H,1H3/b3-2+. The average molecular weight is 280 g/mol. The third-order valence-electron chi connectivity index (χ3n) is 1.39. The van der Waals surface area contributed by atoms with Crippen molar-refractivity contribution in [1.82, 2.24) is 0 Å². The van der Waals surface area contributed by atoms with Gasteiger partial charge in [0.1, 0.15) is 0 Å². The maximum absolute atomic E-state index is 11.9. The lowest BCUT2D eigenvalue weighted by atomic mass is 10.3. The highest BCUT2D eigenvalue weighted by Gasteiger charge is 2.59. The van der Waals surface area contributed by atoms with Crippen molar-refractivity contribution in [1.29, 1.82) is 0 Å². The summed E-state index contributed by atoms with van der Waals surface area (Å²) in [7, 11) is 0.895. The number of ether oxygens (including phenoxy) is 2. The van der Waals surface area contributed by atoms with Gasteiger partial charge in [-0.15, -0.1) is 0 Å². The lowest BCUT2D eigenvalue weighted by Crippen LogP contribution is -2.45. The predicted molar refractivity (Wildman–Crippen MR) is 43.1 cm³/mol. The van der Waals surface area contributed by atoms with Crippen LogP contribution >= 0.6 is 0 Å². The van der Waals surface area contributed by atoms with Gasteiger partial charge in [0, 0.05) is 12.2 Å². The molecule has 0 aliphatic heterocycles. The van der Waals surface area contributed by atoms with Crippen molar-refractivity contribution in [2.75, 3.05) is 7.11 Å². The molecule has 0 N–H and O–H groups in total. The third-order valence-corrected chi connectivity index (χ3v) is 1.39. The van der Waals surface area contributed by atoms with Crippen molar-refractivity contribution < 1.29 is 45.4 Å². The molecule has 0 aliphatic carbocycles. The summed E-state index contributed by atoms with van der Waals surface area (Å²) in [5.74, 6) is -3.11. The molecule has 0 heterocycles. The van der Waals surface area contributed by atoms with Gasteiger partial charge < -0.3 is 9.47 Å². The van der Waals surface area contributed by atoms with Crippen LogP contribution in [0.3, 0.4) is 0 Å². The molecule has 0 amide bonds. The molecule has 18 heavy (non-hydrogen) atoms. The van der Waals surface area contributed by atoms with Gasteiger partial charge in [-0.2, -0.15) is 26.3 Å². The molecule has 0 rings (SSSR count). The molecule has 0 aromatic carbocycles. The molecule has 0 atom stereocenters. The topological polar surface area (TPSA) is 52.6 Å². The van der Waals surface area contributed by atoms with Crippen molar-refractivity contribution in [3.8, 4) is 0 Å². The first-order valence-electron chi connectivity index (χ1n) is 4.08. The summed E-state index contributed by atoms with van der Waals surface area (Å²) in [6.07, 6.45) is -15.4. The highest BCUT2D eigenvalue weighted by Crippen LogP contribution is 2.35. The monoisotopic (exact) mass is 280 g/mol. The number of carbonyl (C=O) groups is 2. The number of halogens is 6. The second-order valence-electron chi connectivity index (χ2n) is 2.76. The molecular weight excluding hydrogens is 274 g/mol. The van der Waals surface area contributed by atoms with E-state index in [2.05, 4.69) is 9.47 Å². The van der Waals surface area contributed by atoms with Crippen LogP contribution in [-0.4, -0.2) is 37.5 Å². The summed E-state index contributed by atoms with van der Waals surface area (Å²) in [5.41, 5.74) is 0. The number of hydrogen-bond acceptors (Lipinski definition) is 4. The largest absolute Gasteiger partial charge is 0.466 e. The molecule has 0 bridgehead atoms. The van der Waals surface area contributed by atoms with Crippen LogP contribution in [0.25, 0.3) is 0 Å². The Labute approximate surface area is 96.1 Å². The summed E-state index contributed by atoms with van der Waals surface area (Å²) < 4.78 is 78.7. The van der Waals surface area contributed by atoms with Crippen LogP contribution in [0.1, 0.15) is 0 Å². The van der Waals surface area contributed by atoms with E-state index >= 15 is 0 Å². The second kappa shape index (κ2) is 5.74. The molecule has 0 aromatic rings. The van der Waals surface area contributed by atoms with E-state index in [0.717, 1.165) is 7.11 Å². The first-order valence-corrected chi connectivity index (χ1v) is 4.08. The fourth-order valence-electron chi connectivity index (χ4n) is 0.679. The number of esters is 2. The minimum Gasteiger partial charge on any atom is -0.466 e. The Kier molecular flexibility index (Phi) is 5.18. The van der Waals surface area contributed by atoms with Crippen molar-refractivity contribution in [2.24, 2.45) is 0 Å². The van der Waals surface area contributed by atoms with Crippen LogP contribution < -0.4 is 0 Å². The maximum atomic E-state index is 11.9. The van der Waals surface area contributed by atoms with E-state index < -0.39 is 30.4 Å². The Morgan fingerprint density at radius 3 is 1.67 bits per heavy atom. The molecular formula is C8H6F6O4. The zero-order valence-corrected chi connectivity index (χ0v) is 8.63. The van der Waals surface area contributed by atoms with Crippen LogP contribution in [-0.2, 0) is 19.1 Å². The molecule has 0 saturated carbocycles. The second-order valence-corrected chi connectivity index (χ2v) is 2.76. The van der Waals surface area contributed by atoms with Crippen molar-refractivity contribution >= 4 is 11.9 Å². The Morgan fingerprint density at radius 1 is 0.944 bits per heavy atom. The number of alkyl halides is 6. The quantitative estimate of drug-likeness (QED) is 0.449. The summed E-state index contributed by atoms with van der Waals surface area (Å²) in [6.45, 7) is 0. The molecule has 104 valence electrons.